The van der Waals surface area contributed by atoms with Crippen molar-refractivity contribution in [2.45, 2.75) is 0 Å². The number of carbonyl (C=O) groups excluding carboxylic acids is 3. The predicted molar refractivity (Wildman–Crippen MR) is 109 cm³/mol. The quantitative estimate of drug-likeness (QED) is 0.646. The van der Waals surface area contributed by atoms with Crippen LogP contribution in [0.2, 0.25) is 0 Å². The second-order valence-electron chi connectivity index (χ2n) is 6.10. The largest absolute Gasteiger partial charge is 0.465 e. The van der Waals surface area contributed by atoms with Crippen LogP contribution >= 0.6 is 0 Å². The first-order chi connectivity index (χ1) is 14.1. The van der Waals surface area contributed by atoms with E-state index in [4.69, 9.17) is 4.74 Å². The van der Waals surface area contributed by atoms with Crippen molar-refractivity contribution < 1.29 is 23.9 Å². The number of methoxy groups -OCH3 is 1. The molecule has 1 amide bonds. The van der Waals surface area contributed by atoms with Gasteiger partial charge in [0.2, 0.25) is 0 Å². The number of esters is 2. The van der Waals surface area contributed by atoms with Crippen LogP contribution in [0.15, 0.2) is 78.9 Å². The van der Waals surface area contributed by atoms with E-state index in [0.29, 0.717) is 11.3 Å². The summed E-state index contributed by atoms with van der Waals surface area (Å²) in [7, 11) is 1.28. The van der Waals surface area contributed by atoms with Gasteiger partial charge in [-0.3, -0.25) is 4.79 Å². The molecule has 1 N–H and O–H groups in total. The fraction of sp³-hybridized carbons (Fsp3) is 0.0870. The lowest BCUT2D eigenvalue weighted by Crippen LogP contribution is -2.21. The number of anilines is 1. The Bertz CT molecular complexity index is 1010. The van der Waals surface area contributed by atoms with Crippen molar-refractivity contribution in [3.8, 4) is 11.1 Å². The van der Waals surface area contributed by atoms with Gasteiger partial charge in [0.15, 0.2) is 6.61 Å². The second-order valence-corrected chi connectivity index (χ2v) is 6.10. The molecule has 0 radical (unpaired) electrons. The first-order valence-electron chi connectivity index (χ1n) is 8.88. The van der Waals surface area contributed by atoms with Crippen molar-refractivity contribution in [1.29, 1.82) is 0 Å². The number of nitrogens with one attached hydrogen (secondary N) is 1. The Kier molecular flexibility index (Phi) is 6.37. The van der Waals surface area contributed by atoms with Crippen LogP contribution in [0.3, 0.4) is 0 Å². The van der Waals surface area contributed by atoms with Gasteiger partial charge in [-0.05, 0) is 35.9 Å². The average molecular weight is 389 g/mol. The molecule has 0 aromatic heterocycles. The van der Waals surface area contributed by atoms with E-state index in [2.05, 4.69) is 10.1 Å². The Labute approximate surface area is 168 Å². The van der Waals surface area contributed by atoms with E-state index in [1.165, 1.54) is 31.4 Å². The highest BCUT2D eigenvalue weighted by Crippen LogP contribution is 2.27. The summed E-state index contributed by atoms with van der Waals surface area (Å²) in [6.45, 7) is -0.430. The summed E-state index contributed by atoms with van der Waals surface area (Å²) in [5.74, 6) is -1.61. The normalized spacial score (nSPS) is 10.1. The molecule has 6 nitrogen and oxygen atoms in total. The van der Waals surface area contributed by atoms with Gasteiger partial charge < -0.3 is 14.8 Å². The van der Waals surface area contributed by atoms with Crippen LogP contribution in [-0.2, 0) is 14.3 Å². The number of hydrogen-bond acceptors (Lipinski definition) is 5. The molecule has 0 saturated carbocycles. The molecule has 0 heterocycles. The Balaban J connectivity index is 1.61. The monoisotopic (exact) mass is 389 g/mol. The summed E-state index contributed by atoms with van der Waals surface area (Å²) in [6, 6.07) is 22.8. The van der Waals surface area contributed by atoms with Gasteiger partial charge in [0.1, 0.15) is 0 Å². The molecule has 0 spiro atoms. The van der Waals surface area contributed by atoms with Crippen molar-refractivity contribution in [2.75, 3.05) is 19.0 Å². The minimum absolute atomic E-state index is 0.232. The molecule has 6 heteroatoms. The zero-order valence-corrected chi connectivity index (χ0v) is 15.8. The smallest absolute Gasteiger partial charge is 0.338 e. The summed E-state index contributed by atoms with van der Waals surface area (Å²) >= 11 is 0. The minimum atomic E-state index is -0.659. The molecule has 0 fully saturated rings. The fourth-order valence-corrected chi connectivity index (χ4v) is 2.72. The standard InChI is InChI=1S/C23H19NO5/c1-28-22(26)17-11-13-18(14-12-17)23(27)29-15-21(25)24-20-10-6-5-9-19(20)16-7-3-2-4-8-16/h2-14H,15H2,1H3,(H,24,25). The van der Waals surface area contributed by atoms with E-state index < -0.39 is 24.5 Å². The third-order valence-electron chi connectivity index (χ3n) is 4.16. The first kappa shape index (κ1) is 19.8. The van der Waals surface area contributed by atoms with E-state index in [0.717, 1.165) is 11.1 Å². The highest BCUT2D eigenvalue weighted by atomic mass is 16.5. The molecule has 0 atom stereocenters. The van der Waals surface area contributed by atoms with Gasteiger partial charge in [0.05, 0.1) is 18.2 Å². The SMILES string of the molecule is COC(=O)c1ccc(C(=O)OCC(=O)Nc2ccccc2-c2ccccc2)cc1. The van der Waals surface area contributed by atoms with Crippen molar-refractivity contribution in [2.24, 2.45) is 0 Å². The Hall–Kier alpha value is -3.93. The van der Waals surface area contributed by atoms with E-state index in [9.17, 15) is 14.4 Å². The van der Waals surface area contributed by atoms with Crippen LogP contribution in [0.1, 0.15) is 20.7 Å². The van der Waals surface area contributed by atoms with E-state index in [1.54, 1.807) is 6.07 Å². The molecular formula is C23H19NO5. The highest BCUT2D eigenvalue weighted by Gasteiger charge is 2.13. The number of rotatable bonds is 6. The van der Waals surface area contributed by atoms with Gasteiger partial charge in [-0.2, -0.15) is 0 Å². The van der Waals surface area contributed by atoms with Crippen molar-refractivity contribution in [3.63, 3.8) is 0 Å². The van der Waals surface area contributed by atoms with E-state index >= 15 is 0 Å². The third-order valence-corrected chi connectivity index (χ3v) is 4.16. The Morgan fingerprint density at radius 1 is 0.759 bits per heavy atom. The molecule has 29 heavy (non-hydrogen) atoms. The number of carbonyl (C=O) groups is 3. The molecule has 0 unspecified atom stereocenters. The number of hydrogen-bond donors (Lipinski definition) is 1. The molecule has 0 aliphatic rings. The van der Waals surface area contributed by atoms with Gasteiger partial charge in [0.25, 0.3) is 5.91 Å². The van der Waals surface area contributed by atoms with Gasteiger partial charge in [-0.15, -0.1) is 0 Å². The molecule has 3 rings (SSSR count). The number of para-hydroxylation sites is 1. The maximum atomic E-state index is 12.3. The maximum absolute atomic E-state index is 12.3. The minimum Gasteiger partial charge on any atom is -0.465 e. The Morgan fingerprint density at radius 3 is 2.00 bits per heavy atom. The number of ether oxygens (including phenoxy) is 2. The van der Waals surface area contributed by atoms with Crippen LogP contribution in [0.5, 0.6) is 0 Å². The van der Waals surface area contributed by atoms with Gasteiger partial charge in [0, 0.05) is 11.3 Å². The van der Waals surface area contributed by atoms with Crippen molar-refractivity contribution in [3.05, 3.63) is 90.0 Å². The van der Waals surface area contributed by atoms with Crippen LogP contribution in [-0.4, -0.2) is 31.6 Å². The number of amides is 1. The van der Waals surface area contributed by atoms with Crippen LogP contribution in [0.4, 0.5) is 5.69 Å². The van der Waals surface area contributed by atoms with Crippen LogP contribution in [0, 0.1) is 0 Å². The zero-order valence-electron chi connectivity index (χ0n) is 15.8. The molecular weight excluding hydrogens is 370 g/mol. The zero-order chi connectivity index (χ0) is 20.6. The highest BCUT2D eigenvalue weighted by molar-refractivity contribution is 5.98. The number of benzene rings is 3. The van der Waals surface area contributed by atoms with Gasteiger partial charge >= 0.3 is 11.9 Å². The molecule has 0 aliphatic heterocycles. The lowest BCUT2D eigenvalue weighted by Gasteiger charge is -2.11. The summed E-state index contributed by atoms with van der Waals surface area (Å²) in [5, 5.41) is 2.77. The third kappa shape index (κ3) is 5.07. The van der Waals surface area contributed by atoms with Gasteiger partial charge in [-0.1, -0.05) is 48.5 Å². The van der Waals surface area contributed by atoms with Crippen molar-refractivity contribution >= 4 is 23.5 Å². The molecule has 3 aromatic rings. The fourth-order valence-electron chi connectivity index (χ4n) is 2.72. The molecule has 0 bridgehead atoms. The maximum Gasteiger partial charge on any atom is 0.338 e. The summed E-state index contributed by atoms with van der Waals surface area (Å²) < 4.78 is 9.67. The van der Waals surface area contributed by atoms with Crippen LogP contribution < -0.4 is 5.32 Å². The topological polar surface area (TPSA) is 81.7 Å². The summed E-state index contributed by atoms with van der Waals surface area (Å²) in [5.41, 5.74) is 3.01. The second kappa shape index (κ2) is 9.32. The van der Waals surface area contributed by atoms with Crippen molar-refractivity contribution in [1.82, 2.24) is 0 Å². The average Bonchev–Trinajstić information content (AvgIpc) is 2.78. The van der Waals surface area contributed by atoms with E-state index in [1.807, 2.05) is 48.5 Å². The molecule has 0 aliphatic carbocycles. The lowest BCUT2D eigenvalue weighted by atomic mass is 10.0. The first-order valence-corrected chi connectivity index (χ1v) is 8.88. The van der Waals surface area contributed by atoms with Crippen LogP contribution in [0.25, 0.3) is 11.1 Å². The van der Waals surface area contributed by atoms with E-state index in [-0.39, 0.29) is 5.56 Å². The predicted octanol–water partition coefficient (Wildman–Crippen LogP) is 3.94. The lowest BCUT2D eigenvalue weighted by molar-refractivity contribution is -0.119. The molecule has 3 aromatic carbocycles. The summed E-state index contributed by atoms with van der Waals surface area (Å²) in [4.78, 5) is 35.8. The van der Waals surface area contributed by atoms with Gasteiger partial charge in [-0.25, -0.2) is 9.59 Å². The molecule has 146 valence electrons. The molecule has 0 saturated heterocycles. The Morgan fingerprint density at radius 2 is 1.34 bits per heavy atom. The summed E-state index contributed by atoms with van der Waals surface area (Å²) in [6.07, 6.45) is 0.